The molecule has 2 rings (SSSR count). The molecule has 0 aliphatic carbocycles. The molecule has 0 saturated carbocycles. The summed E-state index contributed by atoms with van der Waals surface area (Å²) in [5, 5.41) is 0. The summed E-state index contributed by atoms with van der Waals surface area (Å²) in [4.78, 5) is 12.8. The van der Waals surface area contributed by atoms with Gasteiger partial charge < -0.3 is 9.47 Å². The molecule has 0 aromatic heterocycles. The van der Waals surface area contributed by atoms with Crippen molar-refractivity contribution in [1.29, 1.82) is 0 Å². The average Bonchev–Trinajstić information content (AvgIpc) is 2.49. The Morgan fingerprint density at radius 3 is 2.10 bits per heavy atom. The third-order valence-electron chi connectivity index (χ3n) is 3.74. The molecule has 0 amide bonds. The number of hydrogen-bond donors (Lipinski definition) is 0. The Balaban J connectivity index is 2.56. The summed E-state index contributed by atoms with van der Waals surface area (Å²) in [7, 11) is 3.14. The Labute approximate surface area is 125 Å². The van der Waals surface area contributed by atoms with E-state index in [1.54, 1.807) is 32.4 Å². The number of ether oxygens (including phenoxy) is 2. The molecule has 2 aromatic rings. The second kappa shape index (κ2) is 6.00. The van der Waals surface area contributed by atoms with Crippen LogP contribution in [0.1, 0.15) is 32.6 Å². The van der Waals surface area contributed by atoms with Gasteiger partial charge in [0.15, 0.2) is 5.78 Å². The van der Waals surface area contributed by atoms with Gasteiger partial charge in [0.25, 0.3) is 0 Å². The molecule has 0 fully saturated rings. The van der Waals surface area contributed by atoms with Crippen LogP contribution in [0.15, 0.2) is 30.3 Å². The molecule has 0 bridgehead atoms. The first-order chi connectivity index (χ1) is 9.97. The zero-order valence-electron chi connectivity index (χ0n) is 13.1. The topological polar surface area (TPSA) is 35.5 Å². The molecule has 0 radical (unpaired) electrons. The van der Waals surface area contributed by atoms with E-state index in [0.29, 0.717) is 22.6 Å². The van der Waals surface area contributed by atoms with E-state index in [4.69, 9.17) is 9.47 Å². The van der Waals surface area contributed by atoms with Crippen LogP contribution < -0.4 is 9.47 Å². The Morgan fingerprint density at radius 2 is 1.48 bits per heavy atom. The van der Waals surface area contributed by atoms with Crippen molar-refractivity contribution in [2.45, 2.75) is 20.8 Å². The molecule has 0 unspecified atom stereocenters. The molecular weight excluding hydrogens is 264 g/mol. The van der Waals surface area contributed by atoms with E-state index in [-0.39, 0.29) is 5.78 Å². The number of carbonyl (C=O) groups is 1. The van der Waals surface area contributed by atoms with Crippen molar-refractivity contribution in [3.05, 3.63) is 58.1 Å². The number of aryl methyl sites for hydroxylation is 3. The number of ketones is 1. The van der Waals surface area contributed by atoms with E-state index in [0.717, 1.165) is 11.1 Å². The minimum Gasteiger partial charge on any atom is -0.497 e. The van der Waals surface area contributed by atoms with E-state index >= 15 is 0 Å². The summed E-state index contributed by atoms with van der Waals surface area (Å²) in [5.41, 5.74) is 4.47. The normalized spacial score (nSPS) is 10.3. The molecule has 0 saturated heterocycles. The van der Waals surface area contributed by atoms with Gasteiger partial charge in [-0.15, -0.1) is 0 Å². The lowest BCUT2D eigenvalue weighted by Crippen LogP contribution is -2.07. The molecule has 0 spiro atoms. The van der Waals surface area contributed by atoms with Crippen molar-refractivity contribution < 1.29 is 14.3 Å². The quantitative estimate of drug-likeness (QED) is 0.800. The van der Waals surface area contributed by atoms with Crippen LogP contribution >= 0.6 is 0 Å². The Bertz CT molecular complexity index is 687. The van der Waals surface area contributed by atoms with Gasteiger partial charge in [0, 0.05) is 5.56 Å². The van der Waals surface area contributed by atoms with Gasteiger partial charge in [-0.1, -0.05) is 6.07 Å². The second-order valence-electron chi connectivity index (χ2n) is 5.15. The zero-order chi connectivity index (χ0) is 15.6. The van der Waals surface area contributed by atoms with Crippen molar-refractivity contribution >= 4 is 5.78 Å². The van der Waals surface area contributed by atoms with Crippen LogP contribution in [-0.4, -0.2) is 20.0 Å². The summed E-state index contributed by atoms with van der Waals surface area (Å²) in [5.74, 6) is 1.14. The van der Waals surface area contributed by atoms with Crippen LogP contribution in [0.3, 0.4) is 0 Å². The highest BCUT2D eigenvalue weighted by Gasteiger charge is 2.18. The first-order valence-corrected chi connectivity index (χ1v) is 6.82. The minimum absolute atomic E-state index is 0.0497. The van der Waals surface area contributed by atoms with Crippen molar-refractivity contribution in [2.24, 2.45) is 0 Å². The summed E-state index contributed by atoms with van der Waals surface area (Å²) in [6.45, 7) is 6.00. The van der Waals surface area contributed by atoms with Crippen molar-refractivity contribution in [1.82, 2.24) is 0 Å². The third kappa shape index (κ3) is 2.92. The number of carbonyl (C=O) groups excluding carboxylic acids is 1. The largest absolute Gasteiger partial charge is 0.497 e. The maximum Gasteiger partial charge on any atom is 0.197 e. The smallest absolute Gasteiger partial charge is 0.197 e. The van der Waals surface area contributed by atoms with Gasteiger partial charge >= 0.3 is 0 Å². The highest BCUT2D eigenvalue weighted by atomic mass is 16.5. The van der Waals surface area contributed by atoms with Gasteiger partial charge in [-0.05, 0) is 61.7 Å². The minimum atomic E-state index is -0.0497. The predicted molar refractivity (Wildman–Crippen MR) is 83.6 cm³/mol. The Kier molecular flexibility index (Phi) is 4.32. The van der Waals surface area contributed by atoms with E-state index in [9.17, 15) is 4.79 Å². The van der Waals surface area contributed by atoms with Crippen LogP contribution in [0.4, 0.5) is 0 Å². The average molecular weight is 284 g/mol. The van der Waals surface area contributed by atoms with Gasteiger partial charge in [0.2, 0.25) is 0 Å². The molecule has 0 N–H and O–H groups in total. The number of benzene rings is 2. The molecule has 0 aliphatic heterocycles. The summed E-state index contributed by atoms with van der Waals surface area (Å²) >= 11 is 0. The fourth-order valence-electron chi connectivity index (χ4n) is 2.34. The number of rotatable bonds is 4. The first-order valence-electron chi connectivity index (χ1n) is 6.82. The Hall–Kier alpha value is -2.29. The van der Waals surface area contributed by atoms with Crippen molar-refractivity contribution in [3.63, 3.8) is 0 Å². The van der Waals surface area contributed by atoms with E-state index in [1.165, 1.54) is 5.56 Å². The van der Waals surface area contributed by atoms with Gasteiger partial charge in [0.1, 0.15) is 11.5 Å². The highest BCUT2D eigenvalue weighted by Crippen LogP contribution is 2.28. The molecule has 2 aromatic carbocycles. The van der Waals surface area contributed by atoms with Gasteiger partial charge in [-0.3, -0.25) is 4.79 Å². The molecule has 0 atom stereocenters. The standard InChI is InChI=1S/C18H20O3/c1-11-8-13(3)15(9-12(11)2)18(19)16-10-14(20-4)6-7-17(16)21-5/h6-10H,1-5H3. The fourth-order valence-corrected chi connectivity index (χ4v) is 2.34. The van der Waals surface area contributed by atoms with Gasteiger partial charge in [-0.2, -0.15) is 0 Å². The van der Waals surface area contributed by atoms with Gasteiger partial charge in [0.05, 0.1) is 19.8 Å². The summed E-state index contributed by atoms with van der Waals surface area (Å²) < 4.78 is 10.5. The van der Waals surface area contributed by atoms with Crippen LogP contribution in [0.5, 0.6) is 11.5 Å². The maximum absolute atomic E-state index is 12.8. The first kappa shape index (κ1) is 15.1. The zero-order valence-corrected chi connectivity index (χ0v) is 13.1. The molecule has 110 valence electrons. The van der Waals surface area contributed by atoms with Gasteiger partial charge in [-0.25, -0.2) is 0 Å². The molecule has 21 heavy (non-hydrogen) atoms. The number of methoxy groups -OCH3 is 2. The second-order valence-corrected chi connectivity index (χ2v) is 5.15. The lowest BCUT2D eigenvalue weighted by molar-refractivity contribution is 0.103. The maximum atomic E-state index is 12.8. The lowest BCUT2D eigenvalue weighted by atomic mass is 9.94. The monoisotopic (exact) mass is 284 g/mol. The van der Waals surface area contributed by atoms with Crippen LogP contribution in [0.25, 0.3) is 0 Å². The summed E-state index contributed by atoms with van der Waals surface area (Å²) in [6.07, 6.45) is 0. The fraction of sp³-hybridized carbons (Fsp3) is 0.278. The van der Waals surface area contributed by atoms with Crippen LogP contribution in [0, 0.1) is 20.8 Å². The van der Waals surface area contributed by atoms with Crippen LogP contribution in [0.2, 0.25) is 0 Å². The van der Waals surface area contributed by atoms with E-state index < -0.39 is 0 Å². The molecule has 0 aliphatic rings. The van der Waals surface area contributed by atoms with E-state index in [2.05, 4.69) is 0 Å². The molecular formula is C18H20O3. The predicted octanol–water partition coefficient (Wildman–Crippen LogP) is 3.86. The number of hydrogen-bond acceptors (Lipinski definition) is 3. The summed E-state index contributed by atoms with van der Waals surface area (Å²) in [6, 6.07) is 9.22. The molecule has 0 heterocycles. The van der Waals surface area contributed by atoms with Crippen molar-refractivity contribution in [2.75, 3.05) is 14.2 Å². The lowest BCUT2D eigenvalue weighted by Gasteiger charge is -2.12. The third-order valence-corrected chi connectivity index (χ3v) is 3.74. The highest BCUT2D eigenvalue weighted by molar-refractivity contribution is 6.12. The van der Waals surface area contributed by atoms with Crippen LogP contribution in [-0.2, 0) is 0 Å². The SMILES string of the molecule is COc1ccc(OC)c(C(=O)c2cc(C)c(C)cc2C)c1. The molecule has 3 nitrogen and oxygen atoms in total. The van der Waals surface area contributed by atoms with Crippen molar-refractivity contribution in [3.8, 4) is 11.5 Å². The Morgan fingerprint density at radius 1 is 0.810 bits per heavy atom. The molecule has 3 heteroatoms. The van der Waals surface area contributed by atoms with E-state index in [1.807, 2.05) is 32.9 Å².